The fraction of sp³-hybridized carbons (Fsp3) is 0.238. The number of hydrogen-bond acceptors (Lipinski definition) is 6. The van der Waals surface area contributed by atoms with Gasteiger partial charge in [-0.05, 0) is 54.8 Å². The van der Waals surface area contributed by atoms with E-state index in [1.165, 1.54) is 6.92 Å². The molecule has 0 unspecified atom stereocenters. The van der Waals surface area contributed by atoms with E-state index < -0.39 is 10.0 Å². The van der Waals surface area contributed by atoms with Crippen LogP contribution in [-0.4, -0.2) is 19.5 Å². The Morgan fingerprint density at radius 1 is 1.13 bits per heavy atom. The summed E-state index contributed by atoms with van der Waals surface area (Å²) in [5.41, 5.74) is 2.71. The molecule has 1 amide bonds. The normalized spacial score (nSPS) is 11.9. The number of benzene rings is 1. The lowest BCUT2D eigenvalue weighted by Gasteiger charge is -2.09. The van der Waals surface area contributed by atoms with Crippen molar-refractivity contribution in [2.75, 3.05) is 10.0 Å². The maximum absolute atomic E-state index is 12.7. The van der Waals surface area contributed by atoms with Crippen LogP contribution in [0.25, 0.3) is 12.2 Å². The Morgan fingerprint density at radius 2 is 1.83 bits per heavy atom. The van der Waals surface area contributed by atoms with Crippen molar-refractivity contribution in [1.82, 2.24) is 5.16 Å². The average Bonchev–Trinajstić information content (AvgIpc) is 3.28. The Morgan fingerprint density at radius 3 is 2.47 bits per heavy atom. The molecule has 2 aromatic heterocycles. The first-order valence-corrected chi connectivity index (χ1v) is 11.6. The molecule has 0 aliphatic heterocycles. The fourth-order valence-corrected chi connectivity index (χ4v) is 4.98. The number of nitrogens with one attached hydrogen (secondary N) is 2. The van der Waals surface area contributed by atoms with E-state index in [4.69, 9.17) is 4.52 Å². The van der Waals surface area contributed by atoms with Gasteiger partial charge in [-0.3, -0.25) is 9.52 Å². The van der Waals surface area contributed by atoms with Crippen molar-refractivity contribution in [2.45, 2.75) is 37.8 Å². The molecular weight excluding hydrogens is 422 g/mol. The molecule has 30 heavy (non-hydrogen) atoms. The molecule has 0 fully saturated rings. The predicted molar refractivity (Wildman–Crippen MR) is 120 cm³/mol. The van der Waals surface area contributed by atoms with Gasteiger partial charge in [0, 0.05) is 17.5 Å². The van der Waals surface area contributed by atoms with Gasteiger partial charge in [0.05, 0.1) is 0 Å². The van der Waals surface area contributed by atoms with Gasteiger partial charge in [0.15, 0.2) is 5.76 Å². The zero-order valence-electron chi connectivity index (χ0n) is 17.1. The Bertz CT molecular complexity index is 1170. The summed E-state index contributed by atoms with van der Waals surface area (Å²) < 4.78 is 33.4. The quantitative estimate of drug-likeness (QED) is 0.527. The summed E-state index contributed by atoms with van der Waals surface area (Å²) in [4.78, 5) is 12.0. The minimum absolute atomic E-state index is 0.200. The minimum atomic E-state index is -3.69. The second-order valence-corrected chi connectivity index (χ2v) is 10.1. The zero-order chi connectivity index (χ0) is 21.9. The summed E-state index contributed by atoms with van der Waals surface area (Å²) in [7, 11) is -3.69. The maximum atomic E-state index is 12.7. The molecule has 0 bridgehead atoms. The fourth-order valence-electron chi connectivity index (χ4n) is 2.70. The highest BCUT2D eigenvalue weighted by atomic mass is 32.2. The third kappa shape index (κ3) is 5.17. The molecule has 3 rings (SSSR count). The van der Waals surface area contributed by atoms with Gasteiger partial charge in [-0.1, -0.05) is 31.1 Å². The van der Waals surface area contributed by atoms with Crippen LogP contribution in [0.4, 0.5) is 11.4 Å². The number of aromatic nitrogens is 1. The Kier molecular flexibility index (Phi) is 6.42. The summed E-state index contributed by atoms with van der Waals surface area (Å²) in [5.74, 6) is 0.540. The molecule has 0 radical (unpaired) electrons. The first-order valence-electron chi connectivity index (χ1n) is 9.30. The Labute approximate surface area is 179 Å². The predicted octanol–water partition coefficient (Wildman–Crippen LogP) is 5.10. The van der Waals surface area contributed by atoms with Crippen LogP contribution >= 0.6 is 11.3 Å². The lowest BCUT2D eigenvalue weighted by Crippen LogP contribution is -2.11. The Hall–Kier alpha value is -2.91. The van der Waals surface area contributed by atoms with Crippen molar-refractivity contribution in [3.63, 3.8) is 0 Å². The molecule has 7 nitrogen and oxygen atoms in total. The largest absolute Gasteiger partial charge is 0.354 e. The topological polar surface area (TPSA) is 101 Å². The molecule has 2 N–H and O–H groups in total. The number of sulfonamides is 1. The highest BCUT2D eigenvalue weighted by Crippen LogP contribution is 2.28. The number of aryl methyl sites for hydroxylation is 1. The molecule has 0 saturated carbocycles. The molecule has 0 atom stereocenters. The summed E-state index contributed by atoms with van der Waals surface area (Å²) in [6.45, 7) is 7.29. The average molecular weight is 446 g/mol. The van der Waals surface area contributed by atoms with Gasteiger partial charge in [-0.2, -0.15) is 0 Å². The van der Waals surface area contributed by atoms with E-state index >= 15 is 0 Å². The van der Waals surface area contributed by atoms with Crippen molar-refractivity contribution < 1.29 is 17.7 Å². The van der Waals surface area contributed by atoms with E-state index in [9.17, 15) is 13.2 Å². The summed E-state index contributed by atoms with van der Waals surface area (Å²) in [6, 6.07) is 10.6. The molecule has 9 heteroatoms. The van der Waals surface area contributed by atoms with Crippen LogP contribution < -0.4 is 10.0 Å². The van der Waals surface area contributed by atoms with Crippen molar-refractivity contribution in [2.24, 2.45) is 0 Å². The lowest BCUT2D eigenvalue weighted by atomic mass is 10.0. The van der Waals surface area contributed by atoms with Gasteiger partial charge in [0.25, 0.3) is 10.0 Å². The molecule has 3 aromatic rings. The van der Waals surface area contributed by atoms with Crippen molar-refractivity contribution in [3.05, 3.63) is 58.3 Å². The van der Waals surface area contributed by atoms with Crippen molar-refractivity contribution in [3.8, 4) is 0 Å². The molecule has 0 aliphatic carbocycles. The van der Waals surface area contributed by atoms with Crippen LogP contribution in [-0.2, 0) is 14.8 Å². The van der Waals surface area contributed by atoms with Crippen LogP contribution in [0.1, 0.15) is 48.6 Å². The number of rotatable bonds is 7. The second-order valence-electron chi connectivity index (χ2n) is 7.06. The smallest absolute Gasteiger partial charge is 0.271 e. The third-order valence-corrected chi connectivity index (χ3v) is 7.21. The summed E-state index contributed by atoms with van der Waals surface area (Å²) in [6.07, 6.45) is 3.36. The first-order chi connectivity index (χ1) is 14.2. The number of nitrogens with zero attached hydrogens (tertiary/aromatic N) is 1. The maximum Gasteiger partial charge on any atom is 0.271 e. The van der Waals surface area contributed by atoms with Gasteiger partial charge in [0.2, 0.25) is 5.91 Å². The standard InChI is InChI=1S/C21H23N3O4S2/c1-13(2)16-5-7-17(8-6-16)24-30(26,27)20-12-10-18(29-20)9-11-19-21(22-15(4)25)14(3)23-28-19/h5-13,24H,1-4H3,(H,22,25)/b11-9+. The first kappa shape index (κ1) is 21.8. The molecule has 2 heterocycles. The summed E-state index contributed by atoms with van der Waals surface area (Å²) in [5, 5.41) is 6.52. The van der Waals surface area contributed by atoms with Gasteiger partial charge in [-0.25, -0.2) is 8.42 Å². The number of hydrogen-bond donors (Lipinski definition) is 2. The summed E-state index contributed by atoms with van der Waals surface area (Å²) >= 11 is 1.13. The second kappa shape index (κ2) is 8.85. The molecule has 0 aliphatic rings. The van der Waals surface area contributed by atoms with Gasteiger partial charge < -0.3 is 9.84 Å². The third-order valence-electron chi connectivity index (χ3n) is 4.29. The molecular formula is C21H23N3O4S2. The van der Waals surface area contributed by atoms with Gasteiger partial charge in [0.1, 0.15) is 15.6 Å². The van der Waals surface area contributed by atoms with Crippen LogP contribution in [0.3, 0.4) is 0 Å². The SMILES string of the molecule is CC(=O)Nc1c(C)noc1/C=C/c1ccc(S(=O)(=O)Nc2ccc(C(C)C)cc2)s1. The van der Waals surface area contributed by atoms with E-state index in [1.54, 1.807) is 43.3 Å². The zero-order valence-corrected chi connectivity index (χ0v) is 18.7. The highest BCUT2D eigenvalue weighted by molar-refractivity contribution is 7.94. The lowest BCUT2D eigenvalue weighted by molar-refractivity contribution is -0.114. The monoisotopic (exact) mass is 445 g/mol. The van der Waals surface area contributed by atoms with Crippen LogP contribution in [0.5, 0.6) is 0 Å². The van der Waals surface area contributed by atoms with Crippen LogP contribution in [0.2, 0.25) is 0 Å². The molecule has 158 valence electrons. The van der Waals surface area contributed by atoms with E-state index in [1.807, 2.05) is 12.1 Å². The van der Waals surface area contributed by atoms with Crippen molar-refractivity contribution >= 4 is 50.8 Å². The van der Waals surface area contributed by atoms with E-state index in [0.29, 0.717) is 33.6 Å². The number of anilines is 2. The molecule has 0 spiro atoms. The van der Waals surface area contributed by atoms with Crippen LogP contribution in [0.15, 0.2) is 45.1 Å². The van der Waals surface area contributed by atoms with Gasteiger partial charge >= 0.3 is 0 Å². The number of amides is 1. The number of carbonyl (C=O) groups is 1. The Balaban J connectivity index is 1.75. The minimum Gasteiger partial charge on any atom is -0.354 e. The van der Waals surface area contributed by atoms with Crippen molar-refractivity contribution in [1.29, 1.82) is 0 Å². The van der Waals surface area contributed by atoms with E-state index in [0.717, 1.165) is 16.9 Å². The highest BCUT2D eigenvalue weighted by Gasteiger charge is 2.17. The molecule has 0 saturated heterocycles. The van der Waals surface area contributed by atoms with E-state index in [-0.39, 0.29) is 10.1 Å². The number of carbonyl (C=O) groups excluding carboxylic acids is 1. The molecule has 1 aromatic carbocycles. The number of thiophene rings is 1. The van der Waals surface area contributed by atoms with Gasteiger partial charge in [-0.15, -0.1) is 11.3 Å². The van der Waals surface area contributed by atoms with E-state index in [2.05, 4.69) is 29.0 Å². The van der Waals surface area contributed by atoms with Crippen LogP contribution in [0, 0.1) is 6.92 Å².